The molecule has 3 fully saturated rings. The molecule has 0 unspecified atom stereocenters. The van der Waals surface area contributed by atoms with Gasteiger partial charge in [-0.1, -0.05) is 163 Å². The molecule has 0 bridgehead atoms. The number of benzene rings is 4. The Hall–Kier alpha value is -11.5. The van der Waals surface area contributed by atoms with Crippen LogP contribution in [0, 0.1) is 30.1 Å². The molecule has 0 aliphatic carbocycles. The summed E-state index contributed by atoms with van der Waals surface area (Å²) in [5.74, 6) is -0.808. The van der Waals surface area contributed by atoms with Crippen LogP contribution in [0.1, 0.15) is 174 Å². The third kappa shape index (κ3) is 37.2. The monoisotopic (exact) mass is 2070 g/mol. The first-order valence-corrected chi connectivity index (χ1v) is 49.7. The molecular formula is C95H144N26O22S2. The van der Waals surface area contributed by atoms with E-state index in [0.29, 0.717) is 106 Å². The minimum atomic E-state index is -3.44. The molecule has 9 heterocycles. The van der Waals surface area contributed by atoms with Crippen molar-refractivity contribution < 1.29 is 104 Å². The number of terminal acetylenes is 1. The Morgan fingerprint density at radius 2 is 1.00 bits per heavy atom. The third-order valence-corrected chi connectivity index (χ3v) is 25.5. The highest BCUT2D eigenvalue weighted by Crippen LogP contribution is 2.41. The molecule has 3 aliphatic heterocycles. The smallest absolute Gasteiger partial charge is 0.311 e. The lowest BCUT2D eigenvalue weighted by atomic mass is 9.77. The molecular weight excluding hydrogens is 1920 g/mol. The van der Waals surface area contributed by atoms with Gasteiger partial charge in [-0.25, -0.2) is 28.1 Å². The summed E-state index contributed by atoms with van der Waals surface area (Å²) in [7, 11) is -1.61. The first-order chi connectivity index (χ1) is 67.4. The Morgan fingerprint density at radius 3 is 1.39 bits per heavy atom. The zero-order chi connectivity index (χ0) is 104. The molecule has 48 nitrogen and oxygen atoms in total. The molecule has 3 saturated heterocycles. The van der Waals surface area contributed by atoms with E-state index in [4.69, 9.17) is 59.0 Å². The molecule has 3 aliphatic rings. The fourth-order valence-corrected chi connectivity index (χ4v) is 17.4. The average Bonchev–Trinajstić information content (AvgIpc) is 1.48. The summed E-state index contributed by atoms with van der Waals surface area (Å²) in [5.41, 5.74) is 22.7. The quantitative estimate of drug-likeness (QED) is 0.00478. The summed E-state index contributed by atoms with van der Waals surface area (Å²) in [6, 6.07) is 28.8. The highest BCUT2D eigenvalue weighted by atomic mass is 32.2. The Balaban J connectivity index is 0.000000353. The van der Waals surface area contributed by atoms with Crippen LogP contribution in [-0.4, -0.2) is 332 Å². The molecule has 0 radical (unpaired) electrons. The SMILES string of the molecule is C.C.C.C#CCO.CC[C@H]1OC(=O)[C@H](C)[C@@H](O[C@@H]2C[C@@](C)(OC)[C@@H](O)[C@H](C)O2)[C@H](C)[C@@H](O[C@@H]2O[C@H](C)C[C@H](N(C)CCc3cn(Cc4ccc(-n5cc(CO)nn5)cc4)nn3)[C@H]2O)[C@](C)(O)C[C@@H](C)CN(C)[C@H](C)[C@@H](O)[C@]1(C)O.CS(=O)(=O)OCCc1cn(Cc2ccc(-n3cc(CO)nn3)cc2)nn1.CS(=O)(=O)OCCc1cn(Cc2ccc(N=[N+]=[N-])cc2)nn1.[N-]=[N+]=Nc1ccc(Cn2cc(CCO)nn2)cc1. The number of aliphatic hydroxyl groups excluding tert-OH is 7. The van der Waals surface area contributed by atoms with Gasteiger partial charge in [-0.2, -0.15) is 16.8 Å². The number of methoxy groups -OCH3 is 1. The predicted molar refractivity (Wildman–Crippen MR) is 534 cm³/mol. The molecule has 10 aromatic rings. The summed E-state index contributed by atoms with van der Waals surface area (Å²) < 4.78 is 101. The first kappa shape index (κ1) is 122. The number of cyclic esters (lactones) is 1. The molecule has 0 amide bonds. The van der Waals surface area contributed by atoms with E-state index < -0.39 is 122 Å². The molecule has 13 rings (SSSR count). The normalized spacial score (nSPS) is 24.6. The van der Waals surface area contributed by atoms with E-state index in [1.807, 2.05) is 125 Å². The van der Waals surface area contributed by atoms with E-state index in [1.54, 1.807) is 125 Å². The number of aromatic nitrogens is 18. The van der Waals surface area contributed by atoms with Crippen molar-refractivity contribution in [2.24, 2.45) is 28.0 Å². The van der Waals surface area contributed by atoms with Crippen LogP contribution in [0.25, 0.3) is 32.3 Å². The standard InChI is InChI=1S/C51H84N8O13.C15H18N6O4S.C12H14N6O3S.C11H12N6O.C3H4O.3CH4/c1-14-40-51(10,66)44(62)33(6)57(12)24-29(2)22-49(8,65)46(31(4)43(32(5)47(64)70-40)71-41-23-50(9,67-13)45(63)34(7)69-41)72-48-42(61)39(21-30(3)68-48)56(11)20-19-36-26-58(54-52-36)25-35-15-17-38(18-16-35)59-27-37(28-60)53-55-59;1-26(23,24)25-7-6-13-9-20(18-16-13)8-12-2-4-15(5-3-12)21-10-14(11-22)17-19-21;1-22(19,20)21-7-6-12-9-18(17-15-12)8-10-2-4-11(5-3-10)14-16-13;12-15-13-10-3-1-9(2-4-10)7-17-8-11(5-6-18)14-16-17;1-2-3-4;;;/h15-18,26-27,29-34,39-46,48,60-63,65-66H,14,19-25,28H2,1-13H3;2-5,9-10,22H,6-8,11H2,1H3;2-5,9H,6-8H2,1H3;1-4,8,18H,5-7H2;1,4H,3H2;3*1H4/t29-,30-,31+,32-,33-,34+,39+,40-,41-,42-,43+,44-,45+,46-,48+,49-,50-,51-;;;;;;;/m1......./s1. The number of ether oxygens (including phenoxy) is 6. The number of carbonyl (C=O) groups is 1. The Morgan fingerprint density at radius 1 is 0.586 bits per heavy atom. The van der Waals surface area contributed by atoms with Crippen molar-refractivity contribution in [1.82, 2.24) is 99.8 Å². The highest BCUT2D eigenvalue weighted by molar-refractivity contribution is 7.86. The maximum atomic E-state index is 14.5. The zero-order valence-electron chi connectivity index (χ0n) is 82.4. The second-order valence-electron chi connectivity index (χ2n) is 36.1. The number of hydrogen-bond acceptors (Lipinski definition) is 38. The number of nitrogens with zero attached hydrogens (tertiary/aromatic N) is 26. The van der Waals surface area contributed by atoms with E-state index in [-0.39, 0.29) is 93.2 Å². The van der Waals surface area contributed by atoms with Crippen LogP contribution < -0.4 is 0 Å². The van der Waals surface area contributed by atoms with Crippen molar-refractivity contribution in [1.29, 1.82) is 0 Å². The third-order valence-electron chi connectivity index (χ3n) is 24.3. The minimum absolute atomic E-state index is 0. The Labute approximate surface area is 846 Å². The number of likely N-dealkylation sites (N-methyl/N-ethyl adjacent to an activating group) is 2. The van der Waals surface area contributed by atoms with E-state index >= 15 is 0 Å². The summed E-state index contributed by atoms with van der Waals surface area (Å²) >= 11 is 0. The molecule has 0 saturated carbocycles. The van der Waals surface area contributed by atoms with Gasteiger partial charge in [0, 0.05) is 123 Å². The van der Waals surface area contributed by atoms with Gasteiger partial charge in [0.2, 0.25) is 0 Å². The predicted octanol–water partition coefficient (Wildman–Crippen LogP) is 7.25. The zero-order valence-corrected chi connectivity index (χ0v) is 84.0. The summed E-state index contributed by atoms with van der Waals surface area (Å²) in [6.45, 7) is 20.3. The number of hydrogen-bond donors (Lipinski definition) is 9. The van der Waals surface area contributed by atoms with Gasteiger partial charge in [0.05, 0.1) is 153 Å². The minimum Gasteiger partial charge on any atom is -0.459 e. The summed E-state index contributed by atoms with van der Waals surface area (Å²) in [6.07, 6.45) is 9.75. The Kier molecular flexibility index (Phi) is 48.6. The number of rotatable bonds is 34. The van der Waals surface area contributed by atoms with Crippen molar-refractivity contribution in [2.75, 3.05) is 73.2 Å². The maximum absolute atomic E-state index is 14.5. The average molecular weight is 2070 g/mol. The largest absolute Gasteiger partial charge is 0.459 e. The van der Waals surface area contributed by atoms with Gasteiger partial charge in [-0.3, -0.25) is 13.2 Å². The van der Waals surface area contributed by atoms with Crippen LogP contribution >= 0.6 is 0 Å². The number of aliphatic hydroxyl groups is 9. The Bertz CT molecular complexity index is 5930. The molecule has 9 N–H and O–H groups in total. The van der Waals surface area contributed by atoms with Crippen molar-refractivity contribution >= 4 is 37.6 Å². The van der Waals surface area contributed by atoms with Crippen LogP contribution in [0.4, 0.5) is 11.4 Å². The molecule has 0 spiro atoms. The van der Waals surface area contributed by atoms with Gasteiger partial charge in [0.25, 0.3) is 20.2 Å². The number of carbonyl (C=O) groups excluding carboxylic acids is 1. The van der Waals surface area contributed by atoms with Gasteiger partial charge < -0.3 is 84.2 Å². The molecule has 4 aromatic carbocycles. The summed E-state index contributed by atoms with van der Waals surface area (Å²) in [4.78, 5) is 23.9. The van der Waals surface area contributed by atoms with E-state index in [9.17, 15) is 52.3 Å². The number of azide groups is 2. The van der Waals surface area contributed by atoms with Crippen LogP contribution in [0.3, 0.4) is 0 Å². The second kappa shape index (κ2) is 57.6. The fraction of sp³-hybridized carbons (Fsp3) is 0.589. The van der Waals surface area contributed by atoms with Gasteiger partial charge in [-0.15, -0.1) is 37.0 Å². The van der Waals surface area contributed by atoms with Gasteiger partial charge >= 0.3 is 5.97 Å². The molecule has 50 heteroatoms. The van der Waals surface area contributed by atoms with Crippen LogP contribution in [0.2, 0.25) is 0 Å². The molecule has 18 atom stereocenters. The second-order valence-corrected chi connectivity index (χ2v) is 39.4. The fourth-order valence-electron chi connectivity index (χ4n) is 16.6. The van der Waals surface area contributed by atoms with Crippen LogP contribution in [-0.2, 0) is 127 Å². The molecule has 145 heavy (non-hydrogen) atoms. The highest BCUT2D eigenvalue weighted by Gasteiger charge is 2.53. The van der Waals surface area contributed by atoms with Crippen LogP contribution in [0.5, 0.6) is 0 Å². The lowest BCUT2D eigenvalue weighted by Gasteiger charge is -2.49. The van der Waals surface area contributed by atoms with Crippen molar-refractivity contribution in [3.63, 3.8) is 0 Å². The maximum Gasteiger partial charge on any atom is 0.311 e. The first-order valence-electron chi connectivity index (χ1n) is 46.1. The van der Waals surface area contributed by atoms with E-state index in [0.717, 1.165) is 57.5 Å². The summed E-state index contributed by atoms with van der Waals surface area (Å²) in [5, 5.41) is 150. The lowest BCUT2D eigenvalue weighted by molar-refractivity contribution is -0.318. The van der Waals surface area contributed by atoms with Gasteiger partial charge in [-0.05, 0) is 145 Å². The van der Waals surface area contributed by atoms with E-state index in [1.165, 1.54) is 14.0 Å². The van der Waals surface area contributed by atoms with E-state index in [2.05, 4.69) is 97.4 Å². The van der Waals surface area contributed by atoms with Crippen LogP contribution in [0.15, 0.2) is 144 Å². The van der Waals surface area contributed by atoms with Crippen molar-refractivity contribution in [3.8, 4) is 23.7 Å². The van der Waals surface area contributed by atoms with Gasteiger partial charge in [0.1, 0.15) is 48.0 Å². The van der Waals surface area contributed by atoms with Gasteiger partial charge in [0.15, 0.2) is 12.6 Å². The topological polar surface area (TPSA) is 630 Å². The lowest BCUT2D eigenvalue weighted by Crippen LogP contribution is -2.61. The number of esters is 1. The van der Waals surface area contributed by atoms with Crippen molar-refractivity contribution in [2.45, 2.75) is 273 Å². The molecule has 798 valence electrons. The molecule has 6 aromatic heterocycles. The van der Waals surface area contributed by atoms with Crippen molar-refractivity contribution in [3.05, 3.63) is 212 Å².